The van der Waals surface area contributed by atoms with Crippen LogP contribution in [0.25, 0.3) is 0 Å². The smallest absolute Gasteiger partial charge is 0.251 e. The molecule has 0 aliphatic heterocycles. The number of benzene rings is 2. The maximum absolute atomic E-state index is 12.2. The SMILES string of the molecule is Cc1csc(Sc2ccc(NC(=O)CCNC(=O)c3ccc(Br)cc3)c(C)c2)n1. The summed E-state index contributed by atoms with van der Waals surface area (Å²) >= 11 is 6.57. The summed E-state index contributed by atoms with van der Waals surface area (Å²) in [6, 6.07) is 13.0. The van der Waals surface area contributed by atoms with Crippen LogP contribution in [0.2, 0.25) is 0 Å². The van der Waals surface area contributed by atoms with Crippen LogP contribution in [-0.2, 0) is 4.79 Å². The Balaban J connectivity index is 1.48. The second-order valence-electron chi connectivity index (χ2n) is 6.39. The summed E-state index contributed by atoms with van der Waals surface area (Å²) in [5.74, 6) is -0.333. The lowest BCUT2D eigenvalue weighted by molar-refractivity contribution is -0.116. The molecule has 0 spiro atoms. The van der Waals surface area contributed by atoms with Gasteiger partial charge in [-0.2, -0.15) is 0 Å². The second-order valence-corrected chi connectivity index (χ2v) is 9.49. The molecule has 0 radical (unpaired) electrons. The number of carbonyl (C=O) groups excluding carboxylic acids is 2. The molecule has 0 aliphatic carbocycles. The van der Waals surface area contributed by atoms with Crippen LogP contribution in [0.4, 0.5) is 5.69 Å². The molecule has 0 unspecified atom stereocenters. The van der Waals surface area contributed by atoms with E-state index in [1.807, 2.05) is 49.6 Å². The third-order valence-electron chi connectivity index (χ3n) is 4.02. The van der Waals surface area contributed by atoms with Gasteiger partial charge in [0.15, 0.2) is 4.34 Å². The first kappa shape index (κ1) is 21.5. The zero-order chi connectivity index (χ0) is 20.8. The Morgan fingerprint density at radius 2 is 1.90 bits per heavy atom. The number of hydrogen-bond acceptors (Lipinski definition) is 5. The molecule has 0 fully saturated rings. The molecule has 8 heteroatoms. The van der Waals surface area contributed by atoms with Crippen LogP contribution in [-0.4, -0.2) is 23.3 Å². The van der Waals surface area contributed by atoms with Gasteiger partial charge in [-0.15, -0.1) is 11.3 Å². The number of amides is 2. The van der Waals surface area contributed by atoms with Crippen molar-refractivity contribution in [2.45, 2.75) is 29.5 Å². The van der Waals surface area contributed by atoms with E-state index < -0.39 is 0 Å². The molecule has 2 N–H and O–H groups in total. The van der Waals surface area contributed by atoms with Gasteiger partial charge in [0.1, 0.15) is 0 Å². The first-order valence-corrected chi connectivity index (χ1v) is 11.4. The molecule has 29 heavy (non-hydrogen) atoms. The van der Waals surface area contributed by atoms with Gasteiger partial charge in [0, 0.05) is 44.7 Å². The Labute approximate surface area is 186 Å². The Morgan fingerprint density at radius 1 is 1.14 bits per heavy atom. The molecule has 5 nitrogen and oxygen atoms in total. The van der Waals surface area contributed by atoms with E-state index in [-0.39, 0.29) is 24.8 Å². The summed E-state index contributed by atoms with van der Waals surface area (Å²) in [5, 5.41) is 7.70. The fourth-order valence-electron chi connectivity index (χ4n) is 2.53. The summed E-state index contributed by atoms with van der Waals surface area (Å²) in [6.07, 6.45) is 0.205. The molecular weight excluding hydrogens is 470 g/mol. The van der Waals surface area contributed by atoms with Crippen LogP contribution in [0.1, 0.15) is 28.0 Å². The summed E-state index contributed by atoms with van der Waals surface area (Å²) < 4.78 is 1.91. The number of aryl methyl sites for hydroxylation is 2. The fraction of sp³-hybridized carbons (Fsp3) is 0.190. The lowest BCUT2D eigenvalue weighted by atomic mass is 10.2. The van der Waals surface area contributed by atoms with Crippen molar-refractivity contribution in [3.05, 3.63) is 69.1 Å². The average Bonchev–Trinajstić information content (AvgIpc) is 3.09. The van der Waals surface area contributed by atoms with E-state index in [4.69, 9.17) is 0 Å². The molecule has 2 aromatic carbocycles. The third-order valence-corrected chi connectivity index (χ3v) is 6.59. The van der Waals surface area contributed by atoms with Crippen molar-refractivity contribution in [1.82, 2.24) is 10.3 Å². The number of aromatic nitrogens is 1. The van der Waals surface area contributed by atoms with Crippen molar-refractivity contribution in [2.24, 2.45) is 0 Å². The molecule has 0 bridgehead atoms. The molecule has 3 rings (SSSR count). The standard InChI is InChI=1S/C21H20BrN3O2S2/c1-13-11-17(29-21-24-14(2)12-28-21)7-8-18(13)25-19(26)9-10-23-20(27)15-3-5-16(22)6-4-15/h3-8,11-12H,9-10H2,1-2H3,(H,23,27)(H,25,26). The van der Waals surface area contributed by atoms with Crippen LogP contribution in [0.5, 0.6) is 0 Å². The molecule has 1 heterocycles. The van der Waals surface area contributed by atoms with Crippen LogP contribution >= 0.6 is 39.0 Å². The minimum atomic E-state index is -0.194. The molecule has 3 aromatic rings. The summed E-state index contributed by atoms with van der Waals surface area (Å²) in [7, 11) is 0. The van der Waals surface area contributed by atoms with Gasteiger partial charge in [0.25, 0.3) is 5.91 Å². The van der Waals surface area contributed by atoms with E-state index in [0.29, 0.717) is 5.56 Å². The van der Waals surface area contributed by atoms with Gasteiger partial charge in [-0.25, -0.2) is 4.98 Å². The summed E-state index contributed by atoms with van der Waals surface area (Å²) in [5.41, 5.74) is 3.34. The number of halogens is 1. The van der Waals surface area contributed by atoms with Crippen molar-refractivity contribution >= 4 is 56.5 Å². The van der Waals surface area contributed by atoms with Gasteiger partial charge in [-0.3, -0.25) is 9.59 Å². The van der Waals surface area contributed by atoms with Crippen LogP contribution in [0, 0.1) is 13.8 Å². The molecule has 0 saturated heterocycles. The maximum Gasteiger partial charge on any atom is 0.251 e. The highest BCUT2D eigenvalue weighted by Crippen LogP contribution is 2.32. The Bertz CT molecular complexity index is 1020. The van der Waals surface area contributed by atoms with Gasteiger partial charge < -0.3 is 10.6 Å². The number of rotatable bonds is 7. The van der Waals surface area contributed by atoms with E-state index in [9.17, 15) is 9.59 Å². The third kappa shape index (κ3) is 6.42. The quantitative estimate of drug-likeness (QED) is 0.463. The topological polar surface area (TPSA) is 71.1 Å². The average molecular weight is 490 g/mol. The number of nitrogens with zero attached hydrogens (tertiary/aromatic N) is 1. The van der Waals surface area contributed by atoms with Crippen molar-refractivity contribution in [1.29, 1.82) is 0 Å². The first-order chi connectivity index (χ1) is 13.9. The number of hydrogen-bond donors (Lipinski definition) is 2. The molecule has 0 aliphatic rings. The van der Waals surface area contributed by atoms with E-state index in [1.165, 1.54) is 0 Å². The molecular formula is C21H20BrN3O2S2. The van der Waals surface area contributed by atoms with Crippen molar-refractivity contribution in [3.63, 3.8) is 0 Å². The van der Waals surface area contributed by atoms with Crippen LogP contribution in [0.15, 0.2) is 61.6 Å². The zero-order valence-electron chi connectivity index (χ0n) is 16.0. The molecule has 2 amide bonds. The van der Waals surface area contributed by atoms with Crippen molar-refractivity contribution in [3.8, 4) is 0 Å². The molecule has 1 aromatic heterocycles. The van der Waals surface area contributed by atoms with Crippen molar-refractivity contribution in [2.75, 3.05) is 11.9 Å². The highest BCUT2D eigenvalue weighted by atomic mass is 79.9. The van der Waals surface area contributed by atoms with E-state index >= 15 is 0 Å². The largest absolute Gasteiger partial charge is 0.352 e. The number of anilines is 1. The van der Waals surface area contributed by atoms with E-state index in [0.717, 1.165) is 30.7 Å². The second kappa shape index (κ2) is 10.0. The highest BCUT2D eigenvalue weighted by molar-refractivity contribution is 9.10. The Hall–Kier alpha value is -2.16. The predicted octanol–water partition coefficient (Wildman–Crippen LogP) is 5.43. The zero-order valence-corrected chi connectivity index (χ0v) is 19.2. The molecule has 0 saturated carbocycles. The maximum atomic E-state index is 12.2. The molecule has 0 atom stereocenters. The van der Waals surface area contributed by atoms with Crippen molar-refractivity contribution < 1.29 is 9.59 Å². The van der Waals surface area contributed by atoms with Gasteiger partial charge in [-0.05, 0) is 61.9 Å². The minimum Gasteiger partial charge on any atom is -0.352 e. The Kier molecular flexibility index (Phi) is 7.46. The minimum absolute atomic E-state index is 0.139. The molecule has 150 valence electrons. The van der Waals surface area contributed by atoms with Gasteiger partial charge >= 0.3 is 0 Å². The van der Waals surface area contributed by atoms with E-state index in [1.54, 1.807) is 35.2 Å². The highest BCUT2D eigenvalue weighted by Gasteiger charge is 2.09. The van der Waals surface area contributed by atoms with Crippen LogP contribution in [0.3, 0.4) is 0 Å². The van der Waals surface area contributed by atoms with Gasteiger partial charge in [0.2, 0.25) is 5.91 Å². The van der Waals surface area contributed by atoms with Crippen LogP contribution < -0.4 is 10.6 Å². The number of thiazole rings is 1. The number of nitrogens with one attached hydrogen (secondary N) is 2. The van der Waals surface area contributed by atoms with Gasteiger partial charge in [-0.1, -0.05) is 27.7 Å². The monoisotopic (exact) mass is 489 g/mol. The normalized spacial score (nSPS) is 10.6. The lowest BCUT2D eigenvalue weighted by Crippen LogP contribution is -2.27. The van der Waals surface area contributed by atoms with Gasteiger partial charge in [0.05, 0.1) is 0 Å². The predicted molar refractivity (Wildman–Crippen MR) is 122 cm³/mol. The summed E-state index contributed by atoms with van der Waals surface area (Å²) in [6.45, 7) is 4.21. The number of carbonyl (C=O) groups is 2. The fourth-order valence-corrected chi connectivity index (χ4v) is 4.70. The first-order valence-electron chi connectivity index (χ1n) is 8.95. The lowest BCUT2D eigenvalue weighted by Gasteiger charge is -2.10. The van der Waals surface area contributed by atoms with E-state index in [2.05, 4.69) is 31.5 Å². The summed E-state index contributed by atoms with van der Waals surface area (Å²) in [4.78, 5) is 29.8. The Morgan fingerprint density at radius 3 is 2.55 bits per heavy atom.